The molecule has 2 heterocycles. The van der Waals surface area contributed by atoms with Crippen LogP contribution >= 0.6 is 15.9 Å². The molecule has 0 aliphatic carbocycles. The summed E-state index contributed by atoms with van der Waals surface area (Å²) >= 11 is 3.36. The van der Waals surface area contributed by atoms with Gasteiger partial charge in [0.15, 0.2) is 6.61 Å². The van der Waals surface area contributed by atoms with Gasteiger partial charge in [-0.25, -0.2) is 9.69 Å². The van der Waals surface area contributed by atoms with Crippen LogP contribution in [0.2, 0.25) is 0 Å². The van der Waals surface area contributed by atoms with E-state index in [9.17, 15) is 14.4 Å². The fourth-order valence-electron chi connectivity index (χ4n) is 2.59. The number of nitrogens with zero attached hydrogens (tertiary/aromatic N) is 2. The van der Waals surface area contributed by atoms with Gasteiger partial charge in [0.05, 0.1) is 6.42 Å². The summed E-state index contributed by atoms with van der Waals surface area (Å²) in [4.78, 5) is 37.8. The highest BCUT2D eigenvalue weighted by Crippen LogP contribution is 2.20. The number of hydrogen-bond acceptors (Lipinski definition) is 4. The number of ether oxygens (including phenoxy) is 1. The fourth-order valence-corrected chi connectivity index (χ4v) is 2.86. The summed E-state index contributed by atoms with van der Waals surface area (Å²) in [5, 5.41) is 0. The zero-order chi connectivity index (χ0) is 15.7. The van der Waals surface area contributed by atoms with E-state index in [-0.39, 0.29) is 24.3 Å². The van der Waals surface area contributed by atoms with Crippen LogP contribution < -0.4 is 0 Å². The lowest BCUT2D eigenvalue weighted by molar-refractivity contribution is -0.137. The highest BCUT2D eigenvalue weighted by atomic mass is 79.9. The fraction of sp³-hybridized carbons (Fsp3) is 0.400. The molecule has 6 nitrogen and oxygen atoms in total. The van der Waals surface area contributed by atoms with Gasteiger partial charge in [0.1, 0.15) is 0 Å². The normalized spacial score (nSPS) is 18.4. The second kappa shape index (κ2) is 6.08. The molecule has 1 aromatic carbocycles. The van der Waals surface area contributed by atoms with Crippen LogP contribution in [0, 0.1) is 5.92 Å². The van der Waals surface area contributed by atoms with Gasteiger partial charge in [0.25, 0.3) is 5.91 Å². The molecular formula is C15H15BrN2O4. The second-order valence-electron chi connectivity index (χ2n) is 5.53. The van der Waals surface area contributed by atoms with Crippen molar-refractivity contribution < 1.29 is 19.1 Å². The number of benzene rings is 1. The molecule has 0 radical (unpaired) electrons. The average Bonchev–Trinajstić information content (AvgIpc) is 2.75. The van der Waals surface area contributed by atoms with Gasteiger partial charge in [0, 0.05) is 30.0 Å². The highest BCUT2D eigenvalue weighted by Gasteiger charge is 2.38. The molecule has 0 atom stereocenters. The molecule has 0 unspecified atom stereocenters. The predicted molar refractivity (Wildman–Crippen MR) is 81.0 cm³/mol. The Morgan fingerprint density at radius 2 is 1.91 bits per heavy atom. The third-order valence-corrected chi connectivity index (χ3v) is 4.39. The molecule has 2 saturated heterocycles. The van der Waals surface area contributed by atoms with E-state index < -0.39 is 6.09 Å². The smallest absolute Gasteiger partial charge is 0.417 e. The van der Waals surface area contributed by atoms with Gasteiger partial charge in [-0.05, 0) is 17.7 Å². The number of carbonyl (C=O) groups excluding carboxylic acids is 3. The van der Waals surface area contributed by atoms with Crippen molar-refractivity contribution in [2.75, 3.05) is 26.2 Å². The lowest BCUT2D eigenvalue weighted by Crippen LogP contribution is -2.54. The van der Waals surface area contributed by atoms with E-state index >= 15 is 0 Å². The van der Waals surface area contributed by atoms with Crippen LogP contribution in [0.15, 0.2) is 28.7 Å². The summed E-state index contributed by atoms with van der Waals surface area (Å²) < 4.78 is 5.64. The molecule has 22 heavy (non-hydrogen) atoms. The second-order valence-corrected chi connectivity index (χ2v) is 6.44. The summed E-state index contributed by atoms with van der Waals surface area (Å²) in [6, 6.07) is 7.65. The van der Waals surface area contributed by atoms with E-state index in [1.165, 1.54) is 0 Å². The van der Waals surface area contributed by atoms with E-state index in [0.717, 1.165) is 14.9 Å². The number of likely N-dealkylation sites (tertiary alicyclic amines) is 1. The summed E-state index contributed by atoms with van der Waals surface area (Å²) in [5.41, 5.74) is 0.968. The standard InChI is InChI=1S/C15H15BrN2O4/c16-12-3-1-10(2-4-12)5-13(19)17-6-11(7-17)8-18-14(20)9-22-15(18)21/h1-4,11H,5-9H2. The molecule has 0 N–H and O–H groups in total. The molecule has 2 aliphatic rings. The van der Waals surface area contributed by atoms with Crippen LogP contribution in [-0.4, -0.2) is 53.9 Å². The Morgan fingerprint density at radius 3 is 2.50 bits per heavy atom. The Hall–Kier alpha value is -1.89. The molecule has 3 amide bonds. The van der Waals surface area contributed by atoms with Gasteiger partial charge in [-0.15, -0.1) is 0 Å². The topological polar surface area (TPSA) is 66.9 Å². The van der Waals surface area contributed by atoms with Crippen molar-refractivity contribution in [3.63, 3.8) is 0 Å². The first kappa shape index (κ1) is 15.0. The van der Waals surface area contributed by atoms with Gasteiger partial charge < -0.3 is 9.64 Å². The summed E-state index contributed by atoms with van der Waals surface area (Å²) in [5.74, 6) is -0.0954. The number of hydrogen-bond donors (Lipinski definition) is 0. The van der Waals surface area contributed by atoms with Crippen LogP contribution in [0.4, 0.5) is 4.79 Å². The number of carbonyl (C=O) groups is 3. The number of imide groups is 1. The third kappa shape index (κ3) is 3.14. The highest BCUT2D eigenvalue weighted by molar-refractivity contribution is 9.10. The third-order valence-electron chi connectivity index (χ3n) is 3.86. The van der Waals surface area contributed by atoms with Crippen LogP contribution in [0.25, 0.3) is 0 Å². The van der Waals surface area contributed by atoms with Gasteiger partial charge >= 0.3 is 6.09 Å². The molecule has 0 aromatic heterocycles. The quantitative estimate of drug-likeness (QED) is 0.808. The minimum absolute atomic E-state index is 0.0638. The first-order valence-corrected chi connectivity index (χ1v) is 7.81. The maximum absolute atomic E-state index is 12.1. The Bertz CT molecular complexity index is 594. The number of rotatable bonds is 4. The Labute approximate surface area is 136 Å². The summed E-state index contributed by atoms with van der Waals surface area (Å²) in [7, 11) is 0. The van der Waals surface area contributed by atoms with Gasteiger partial charge in [0.2, 0.25) is 5.91 Å². The summed E-state index contributed by atoms with van der Waals surface area (Å²) in [6.45, 7) is 1.32. The first-order chi connectivity index (χ1) is 10.5. The number of amides is 3. The average molecular weight is 367 g/mol. The van der Waals surface area contributed by atoms with Crippen LogP contribution in [0.1, 0.15) is 5.56 Å². The minimum atomic E-state index is -0.579. The molecular weight excluding hydrogens is 352 g/mol. The van der Waals surface area contributed by atoms with Crippen molar-refractivity contribution in [1.29, 1.82) is 0 Å². The van der Waals surface area contributed by atoms with E-state index in [2.05, 4.69) is 20.7 Å². The van der Waals surface area contributed by atoms with E-state index in [0.29, 0.717) is 26.1 Å². The maximum atomic E-state index is 12.1. The largest absolute Gasteiger partial charge is 0.439 e. The lowest BCUT2D eigenvalue weighted by atomic mass is 9.98. The van der Waals surface area contributed by atoms with Crippen LogP contribution in [-0.2, 0) is 20.7 Å². The van der Waals surface area contributed by atoms with Crippen molar-refractivity contribution in [3.8, 4) is 0 Å². The monoisotopic (exact) mass is 366 g/mol. The van der Waals surface area contributed by atoms with Crippen LogP contribution in [0.3, 0.4) is 0 Å². The van der Waals surface area contributed by atoms with E-state index in [4.69, 9.17) is 0 Å². The molecule has 2 fully saturated rings. The molecule has 2 aliphatic heterocycles. The first-order valence-electron chi connectivity index (χ1n) is 7.02. The number of cyclic esters (lactones) is 1. The van der Waals surface area contributed by atoms with E-state index in [1.54, 1.807) is 4.90 Å². The van der Waals surface area contributed by atoms with Crippen molar-refractivity contribution in [2.45, 2.75) is 6.42 Å². The molecule has 116 valence electrons. The predicted octanol–water partition coefficient (Wildman–Crippen LogP) is 1.43. The van der Waals surface area contributed by atoms with Crippen molar-refractivity contribution in [3.05, 3.63) is 34.3 Å². The lowest BCUT2D eigenvalue weighted by Gasteiger charge is -2.40. The van der Waals surface area contributed by atoms with Crippen molar-refractivity contribution in [2.24, 2.45) is 5.92 Å². The SMILES string of the molecule is O=C(Cc1ccc(Br)cc1)N1CC(CN2C(=O)COC2=O)C1. The Kier molecular flexibility index (Phi) is 4.15. The number of halogens is 1. The molecule has 0 saturated carbocycles. The molecule has 0 bridgehead atoms. The van der Waals surface area contributed by atoms with Crippen LogP contribution in [0.5, 0.6) is 0 Å². The molecule has 7 heteroatoms. The Morgan fingerprint density at radius 1 is 1.23 bits per heavy atom. The molecule has 3 rings (SSSR count). The van der Waals surface area contributed by atoms with E-state index in [1.807, 2.05) is 24.3 Å². The molecule has 1 aromatic rings. The van der Waals surface area contributed by atoms with Crippen molar-refractivity contribution >= 4 is 33.8 Å². The van der Waals surface area contributed by atoms with Gasteiger partial charge in [-0.2, -0.15) is 0 Å². The zero-order valence-electron chi connectivity index (χ0n) is 11.8. The van der Waals surface area contributed by atoms with Gasteiger partial charge in [-0.1, -0.05) is 28.1 Å². The van der Waals surface area contributed by atoms with Gasteiger partial charge in [-0.3, -0.25) is 9.59 Å². The zero-order valence-corrected chi connectivity index (χ0v) is 13.4. The maximum Gasteiger partial charge on any atom is 0.417 e. The Balaban J connectivity index is 1.46. The summed E-state index contributed by atoms with van der Waals surface area (Å²) in [6.07, 6.45) is -0.213. The minimum Gasteiger partial charge on any atom is -0.439 e. The van der Waals surface area contributed by atoms with Crippen molar-refractivity contribution in [1.82, 2.24) is 9.80 Å². The molecule has 0 spiro atoms.